The molecule has 2 aromatic rings. The minimum Gasteiger partial charge on any atom is -0.468 e. The molecule has 0 aromatic carbocycles. The molecule has 3 rings (SSSR count). The van der Waals surface area contributed by atoms with E-state index in [4.69, 9.17) is 4.42 Å². The van der Waals surface area contributed by atoms with Gasteiger partial charge in [-0.15, -0.1) is 0 Å². The van der Waals surface area contributed by atoms with Crippen LogP contribution in [0.2, 0.25) is 0 Å². The maximum absolute atomic E-state index is 12.5. The lowest BCUT2D eigenvalue weighted by molar-refractivity contribution is 0.0909. The van der Waals surface area contributed by atoms with Crippen molar-refractivity contribution in [2.24, 2.45) is 5.92 Å². The zero-order valence-corrected chi connectivity index (χ0v) is 15.1. The number of rotatable bonds is 7. The highest BCUT2D eigenvalue weighted by Crippen LogP contribution is 2.24. The SMILES string of the molecule is CC(C)Cc1cc(C(=O)NCC(c2ccco2)N2CCCCC2)n[nH]1. The average Bonchev–Trinajstić information content (AvgIpc) is 3.27. The van der Waals surface area contributed by atoms with Crippen molar-refractivity contribution < 1.29 is 9.21 Å². The molecule has 1 amide bonds. The number of hydrogen-bond donors (Lipinski definition) is 2. The molecule has 3 heterocycles. The van der Waals surface area contributed by atoms with Crippen LogP contribution in [0.1, 0.15) is 61.1 Å². The second kappa shape index (κ2) is 8.34. The Bertz CT molecular complexity index is 657. The third-order valence-electron chi connectivity index (χ3n) is 4.65. The van der Waals surface area contributed by atoms with Gasteiger partial charge in [-0.1, -0.05) is 20.3 Å². The summed E-state index contributed by atoms with van der Waals surface area (Å²) < 4.78 is 5.62. The van der Waals surface area contributed by atoms with Crippen LogP contribution in [0.3, 0.4) is 0 Å². The van der Waals surface area contributed by atoms with Crippen molar-refractivity contribution in [3.05, 3.63) is 41.6 Å². The Morgan fingerprint density at radius 1 is 1.36 bits per heavy atom. The summed E-state index contributed by atoms with van der Waals surface area (Å²) in [6.45, 7) is 6.91. The monoisotopic (exact) mass is 344 g/mol. The number of aromatic amines is 1. The Kier molecular flexibility index (Phi) is 5.91. The molecule has 6 nitrogen and oxygen atoms in total. The molecule has 2 aromatic heterocycles. The Morgan fingerprint density at radius 2 is 2.16 bits per heavy atom. The predicted octanol–water partition coefficient (Wildman–Crippen LogP) is 3.16. The van der Waals surface area contributed by atoms with E-state index in [0.29, 0.717) is 18.2 Å². The van der Waals surface area contributed by atoms with Crippen LogP contribution in [0, 0.1) is 5.92 Å². The molecule has 1 saturated heterocycles. The number of piperidine rings is 1. The summed E-state index contributed by atoms with van der Waals surface area (Å²) in [5.41, 5.74) is 1.45. The molecule has 0 radical (unpaired) electrons. The standard InChI is InChI=1S/C19H28N4O2/c1-14(2)11-15-12-16(22-21-15)19(24)20-13-17(18-7-6-10-25-18)23-8-4-3-5-9-23/h6-7,10,12,14,17H,3-5,8-9,11,13H2,1-2H3,(H,20,24)(H,21,22). The van der Waals surface area contributed by atoms with Crippen molar-refractivity contribution in [3.8, 4) is 0 Å². The Morgan fingerprint density at radius 3 is 2.84 bits per heavy atom. The highest BCUT2D eigenvalue weighted by atomic mass is 16.3. The van der Waals surface area contributed by atoms with Gasteiger partial charge in [0.25, 0.3) is 5.91 Å². The van der Waals surface area contributed by atoms with Crippen molar-refractivity contribution in [1.29, 1.82) is 0 Å². The molecule has 136 valence electrons. The first-order valence-corrected chi connectivity index (χ1v) is 9.23. The maximum Gasteiger partial charge on any atom is 0.271 e. The van der Waals surface area contributed by atoms with Crippen LogP contribution in [0.25, 0.3) is 0 Å². The highest BCUT2D eigenvalue weighted by Gasteiger charge is 2.25. The number of aromatic nitrogens is 2. The lowest BCUT2D eigenvalue weighted by Crippen LogP contribution is -2.40. The highest BCUT2D eigenvalue weighted by molar-refractivity contribution is 5.92. The second-order valence-corrected chi connectivity index (χ2v) is 7.21. The summed E-state index contributed by atoms with van der Waals surface area (Å²) in [4.78, 5) is 14.9. The van der Waals surface area contributed by atoms with Crippen LogP contribution in [-0.4, -0.2) is 40.6 Å². The number of furan rings is 1. The van der Waals surface area contributed by atoms with Gasteiger partial charge in [0.1, 0.15) is 11.5 Å². The summed E-state index contributed by atoms with van der Waals surface area (Å²) in [7, 11) is 0. The molecule has 2 N–H and O–H groups in total. The third-order valence-corrected chi connectivity index (χ3v) is 4.65. The van der Waals surface area contributed by atoms with Gasteiger partial charge in [0.05, 0.1) is 12.3 Å². The fraction of sp³-hybridized carbons (Fsp3) is 0.579. The van der Waals surface area contributed by atoms with E-state index in [2.05, 4.69) is 34.3 Å². The smallest absolute Gasteiger partial charge is 0.271 e. The number of hydrogen-bond acceptors (Lipinski definition) is 4. The van der Waals surface area contributed by atoms with Gasteiger partial charge in [0, 0.05) is 12.2 Å². The van der Waals surface area contributed by atoms with Crippen LogP contribution in [0.4, 0.5) is 0 Å². The zero-order valence-electron chi connectivity index (χ0n) is 15.1. The summed E-state index contributed by atoms with van der Waals surface area (Å²) >= 11 is 0. The molecular formula is C19H28N4O2. The molecule has 1 fully saturated rings. The summed E-state index contributed by atoms with van der Waals surface area (Å²) in [5.74, 6) is 1.29. The summed E-state index contributed by atoms with van der Waals surface area (Å²) in [6, 6.07) is 5.81. The average molecular weight is 344 g/mol. The minimum atomic E-state index is -0.139. The van der Waals surface area contributed by atoms with E-state index in [9.17, 15) is 4.79 Å². The predicted molar refractivity (Wildman–Crippen MR) is 96.3 cm³/mol. The first-order valence-electron chi connectivity index (χ1n) is 9.23. The first kappa shape index (κ1) is 17.7. The zero-order chi connectivity index (χ0) is 17.6. The minimum absolute atomic E-state index is 0.0772. The number of H-pyrrole nitrogens is 1. The summed E-state index contributed by atoms with van der Waals surface area (Å²) in [5, 5.41) is 10.1. The van der Waals surface area contributed by atoms with E-state index >= 15 is 0 Å². The number of carbonyl (C=O) groups is 1. The van der Waals surface area contributed by atoms with Crippen molar-refractivity contribution in [3.63, 3.8) is 0 Å². The van der Waals surface area contributed by atoms with E-state index in [1.54, 1.807) is 6.26 Å². The molecule has 1 atom stereocenters. The van der Waals surface area contributed by atoms with Crippen molar-refractivity contribution >= 4 is 5.91 Å². The molecule has 1 aliphatic heterocycles. The largest absolute Gasteiger partial charge is 0.468 e. The van der Waals surface area contributed by atoms with Gasteiger partial charge in [-0.3, -0.25) is 14.8 Å². The lowest BCUT2D eigenvalue weighted by Gasteiger charge is -2.33. The van der Waals surface area contributed by atoms with Crippen LogP contribution in [0.15, 0.2) is 28.9 Å². The number of nitrogens with one attached hydrogen (secondary N) is 2. The molecule has 0 aliphatic carbocycles. The van der Waals surface area contributed by atoms with E-state index in [0.717, 1.165) is 31.0 Å². The Hall–Kier alpha value is -2.08. The van der Waals surface area contributed by atoms with Gasteiger partial charge in [0.2, 0.25) is 0 Å². The van der Waals surface area contributed by atoms with Gasteiger partial charge >= 0.3 is 0 Å². The molecule has 6 heteroatoms. The fourth-order valence-electron chi connectivity index (χ4n) is 3.42. The Balaban J connectivity index is 1.62. The normalized spacial score (nSPS) is 16.9. The number of amides is 1. The molecular weight excluding hydrogens is 316 g/mol. The van der Waals surface area contributed by atoms with Gasteiger partial charge in [-0.25, -0.2) is 0 Å². The van der Waals surface area contributed by atoms with Crippen LogP contribution in [-0.2, 0) is 6.42 Å². The van der Waals surface area contributed by atoms with Crippen molar-refractivity contribution in [1.82, 2.24) is 20.4 Å². The third kappa shape index (κ3) is 4.72. The van der Waals surface area contributed by atoms with Crippen LogP contribution in [0.5, 0.6) is 0 Å². The number of likely N-dealkylation sites (tertiary alicyclic amines) is 1. The maximum atomic E-state index is 12.5. The van der Waals surface area contributed by atoms with Gasteiger partial charge in [0.15, 0.2) is 0 Å². The van der Waals surface area contributed by atoms with Gasteiger partial charge in [-0.05, 0) is 56.5 Å². The lowest BCUT2D eigenvalue weighted by atomic mass is 10.1. The van der Waals surface area contributed by atoms with Crippen molar-refractivity contribution in [2.75, 3.05) is 19.6 Å². The topological polar surface area (TPSA) is 74.2 Å². The Labute approximate surface area is 149 Å². The van der Waals surface area contributed by atoms with E-state index in [1.807, 2.05) is 18.2 Å². The first-order chi connectivity index (χ1) is 12.1. The van der Waals surface area contributed by atoms with E-state index in [-0.39, 0.29) is 11.9 Å². The quantitative estimate of drug-likeness (QED) is 0.809. The fourth-order valence-corrected chi connectivity index (χ4v) is 3.42. The van der Waals surface area contributed by atoms with Crippen molar-refractivity contribution in [2.45, 2.75) is 45.6 Å². The van der Waals surface area contributed by atoms with E-state index in [1.165, 1.54) is 19.3 Å². The molecule has 1 unspecified atom stereocenters. The van der Waals surface area contributed by atoms with Gasteiger partial charge in [-0.2, -0.15) is 5.10 Å². The molecule has 25 heavy (non-hydrogen) atoms. The van der Waals surface area contributed by atoms with Crippen LogP contribution >= 0.6 is 0 Å². The van der Waals surface area contributed by atoms with Gasteiger partial charge < -0.3 is 9.73 Å². The molecule has 0 spiro atoms. The molecule has 1 aliphatic rings. The summed E-state index contributed by atoms with van der Waals surface area (Å²) in [6.07, 6.45) is 6.26. The second-order valence-electron chi connectivity index (χ2n) is 7.21. The molecule has 0 bridgehead atoms. The number of nitrogens with zero attached hydrogens (tertiary/aromatic N) is 2. The van der Waals surface area contributed by atoms with Crippen LogP contribution < -0.4 is 5.32 Å². The van der Waals surface area contributed by atoms with E-state index < -0.39 is 0 Å². The molecule has 0 saturated carbocycles. The number of carbonyl (C=O) groups excluding carboxylic acids is 1.